The van der Waals surface area contributed by atoms with E-state index in [-0.39, 0.29) is 17.0 Å². The first-order valence-electron chi connectivity index (χ1n) is 6.15. The summed E-state index contributed by atoms with van der Waals surface area (Å²) in [5.41, 5.74) is 0.530. The maximum absolute atomic E-state index is 11.7. The Bertz CT molecular complexity index is 548. The molecule has 0 saturated heterocycles. The molecular weight excluding hydrogens is 266 g/mol. The van der Waals surface area contributed by atoms with Crippen LogP contribution in [-0.2, 0) is 10.0 Å². The molecule has 1 saturated carbocycles. The lowest BCUT2D eigenvalue weighted by Gasteiger charge is -2.13. The van der Waals surface area contributed by atoms with Gasteiger partial charge in [0.05, 0.1) is 4.90 Å². The predicted octanol–water partition coefficient (Wildman–Crippen LogP) is 1.40. The molecule has 19 heavy (non-hydrogen) atoms. The van der Waals surface area contributed by atoms with Crippen molar-refractivity contribution in [2.24, 2.45) is 5.14 Å². The summed E-state index contributed by atoms with van der Waals surface area (Å²) in [6, 6.07) is 5.71. The highest BCUT2D eigenvalue weighted by atomic mass is 32.2. The smallest absolute Gasteiger partial charge is 0.319 e. The van der Waals surface area contributed by atoms with E-state index < -0.39 is 10.0 Å². The second-order valence-corrected chi connectivity index (χ2v) is 6.21. The number of urea groups is 1. The van der Waals surface area contributed by atoms with E-state index in [1.54, 1.807) is 0 Å². The van der Waals surface area contributed by atoms with Crippen LogP contribution in [0, 0.1) is 0 Å². The van der Waals surface area contributed by atoms with Crippen molar-refractivity contribution >= 4 is 21.7 Å². The highest BCUT2D eigenvalue weighted by Crippen LogP contribution is 2.18. The van der Waals surface area contributed by atoms with E-state index in [0.29, 0.717) is 5.69 Å². The normalized spacial score (nSPS) is 16.3. The minimum absolute atomic E-state index is 0.0225. The van der Waals surface area contributed by atoms with Gasteiger partial charge in [-0.25, -0.2) is 18.4 Å². The third-order valence-electron chi connectivity index (χ3n) is 3.13. The fourth-order valence-corrected chi connectivity index (χ4v) is 2.67. The Kier molecular flexibility index (Phi) is 4.06. The van der Waals surface area contributed by atoms with E-state index in [0.717, 1.165) is 25.7 Å². The second-order valence-electron chi connectivity index (χ2n) is 4.65. The summed E-state index contributed by atoms with van der Waals surface area (Å²) in [7, 11) is -3.70. The van der Waals surface area contributed by atoms with Crippen LogP contribution in [0.25, 0.3) is 0 Å². The maximum Gasteiger partial charge on any atom is 0.319 e. The number of hydrogen-bond donors (Lipinski definition) is 3. The molecule has 1 aromatic carbocycles. The highest BCUT2D eigenvalue weighted by molar-refractivity contribution is 7.89. The van der Waals surface area contributed by atoms with Crippen LogP contribution in [0.1, 0.15) is 25.7 Å². The molecule has 1 fully saturated rings. The molecule has 0 aliphatic heterocycles. The van der Waals surface area contributed by atoms with E-state index in [1.807, 2.05) is 0 Å². The molecule has 6 nitrogen and oxygen atoms in total. The van der Waals surface area contributed by atoms with Crippen LogP contribution in [0.2, 0.25) is 0 Å². The predicted molar refractivity (Wildman–Crippen MR) is 72.2 cm³/mol. The van der Waals surface area contributed by atoms with Crippen LogP contribution in [0.15, 0.2) is 29.2 Å². The molecule has 2 rings (SSSR count). The Balaban J connectivity index is 1.93. The molecule has 7 heteroatoms. The number of nitrogens with one attached hydrogen (secondary N) is 2. The van der Waals surface area contributed by atoms with Gasteiger partial charge in [-0.05, 0) is 37.1 Å². The number of amides is 2. The van der Waals surface area contributed by atoms with Crippen molar-refractivity contribution < 1.29 is 13.2 Å². The Morgan fingerprint density at radius 2 is 1.74 bits per heavy atom. The van der Waals surface area contributed by atoms with Gasteiger partial charge in [0.1, 0.15) is 0 Å². The average Bonchev–Trinajstić information content (AvgIpc) is 2.81. The van der Waals surface area contributed by atoms with E-state index >= 15 is 0 Å². The van der Waals surface area contributed by atoms with Crippen molar-refractivity contribution in [3.63, 3.8) is 0 Å². The zero-order valence-corrected chi connectivity index (χ0v) is 11.2. The van der Waals surface area contributed by atoms with Gasteiger partial charge in [0.25, 0.3) is 0 Å². The molecule has 0 spiro atoms. The van der Waals surface area contributed by atoms with Crippen LogP contribution in [0.4, 0.5) is 10.5 Å². The van der Waals surface area contributed by atoms with Gasteiger partial charge in [-0.1, -0.05) is 12.8 Å². The van der Waals surface area contributed by atoms with E-state index in [2.05, 4.69) is 10.6 Å². The topological polar surface area (TPSA) is 101 Å². The zero-order valence-electron chi connectivity index (χ0n) is 10.4. The van der Waals surface area contributed by atoms with Gasteiger partial charge in [-0.3, -0.25) is 0 Å². The number of carbonyl (C=O) groups excluding carboxylic acids is 1. The van der Waals surface area contributed by atoms with Gasteiger partial charge in [0.2, 0.25) is 10.0 Å². The molecule has 104 valence electrons. The number of carbonyl (C=O) groups is 1. The standard InChI is InChI=1S/C12H17N3O3S/c13-19(17,18)11-7-5-10(6-8-11)15-12(16)14-9-3-1-2-4-9/h5-9H,1-4H2,(H2,13,17,18)(H2,14,15,16). The molecule has 2 amide bonds. The SMILES string of the molecule is NS(=O)(=O)c1ccc(NC(=O)NC2CCCC2)cc1. The summed E-state index contributed by atoms with van der Waals surface area (Å²) in [5, 5.41) is 10.5. The summed E-state index contributed by atoms with van der Waals surface area (Å²) in [6.07, 6.45) is 4.32. The minimum Gasteiger partial charge on any atom is -0.335 e. The van der Waals surface area contributed by atoms with Gasteiger partial charge in [-0.2, -0.15) is 0 Å². The Hall–Kier alpha value is -1.60. The third kappa shape index (κ3) is 3.93. The van der Waals surface area contributed by atoms with Crippen LogP contribution < -0.4 is 15.8 Å². The van der Waals surface area contributed by atoms with Crippen molar-refractivity contribution in [1.82, 2.24) is 5.32 Å². The van der Waals surface area contributed by atoms with E-state index in [9.17, 15) is 13.2 Å². The Morgan fingerprint density at radius 1 is 1.16 bits per heavy atom. The number of rotatable bonds is 3. The fourth-order valence-electron chi connectivity index (χ4n) is 2.15. The first-order valence-corrected chi connectivity index (χ1v) is 7.70. The first-order chi connectivity index (χ1) is 8.95. The number of benzene rings is 1. The summed E-state index contributed by atoms with van der Waals surface area (Å²) < 4.78 is 22.1. The van der Waals surface area contributed by atoms with E-state index in [4.69, 9.17) is 5.14 Å². The van der Waals surface area contributed by atoms with Crippen LogP contribution in [0.5, 0.6) is 0 Å². The summed E-state index contributed by atoms with van der Waals surface area (Å²) in [5.74, 6) is 0. The van der Waals surface area contributed by atoms with Gasteiger partial charge < -0.3 is 10.6 Å². The number of nitrogens with two attached hydrogens (primary N) is 1. The van der Waals surface area contributed by atoms with E-state index in [1.165, 1.54) is 24.3 Å². The third-order valence-corrected chi connectivity index (χ3v) is 4.06. The lowest BCUT2D eigenvalue weighted by atomic mass is 10.2. The zero-order chi connectivity index (χ0) is 13.9. The van der Waals surface area contributed by atoms with Crippen molar-refractivity contribution in [2.45, 2.75) is 36.6 Å². The van der Waals surface area contributed by atoms with Crippen LogP contribution in [-0.4, -0.2) is 20.5 Å². The molecule has 0 atom stereocenters. The summed E-state index contributed by atoms with van der Waals surface area (Å²) >= 11 is 0. The van der Waals surface area contributed by atoms with Gasteiger partial charge in [-0.15, -0.1) is 0 Å². The lowest BCUT2D eigenvalue weighted by Crippen LogP contribution is -2.36. The number of primary sulfonamides is 1. The molecule has 4 N–H and O–H groups in total. The van der Waals surface area contributed by atoms with Crippen molar-refractivity contribution in [3.8, 4) is 0 Å². The number of hydrogen-bond acceptors (Lipinski definition) is 3. The lowest BCUT2D eigenvalue weighted by molar-refractivity contribution is 0.248. The summed E-state index contributed by atoms with van der Waals surface area (Å²) in [4.78, 5) is 11.7. The van der Waals surface area contributed by atoms with Crippen molar-refractivity contribution in [2.75, 3.05) is 5.32 Å². The van der Waals surface area contributed by atoms with Gasteiger partial charge in [0, 0.05) is 11.7 Å². The number of anilines is 1. The summed E-state index contributed by atoms with van der Waals surface area (Å²) in [6.45, 7) is 0. The monoisotopic (exact) mass is 283 g/mol. The van der Waals surface area contributed by atoms with Gasteiger partial charge in [0.15, 0.2) is 0 Å². The van der Waals surface area contributed by atoms with Crippen molar-refractivity contribution in [3.05, 3.63) is 24.3 Å². The molecular formula is C12H17N3O3S. The van der Waals surface area contributed by atoms with Crippen molar-refractivity contribution in [1.29, 1.82) is 0 Å². The van der Waals surface area contributed by atoms with Gasteiger partial charge >= 0.3 is 6.03 Å². The molecule has 1 aliphatic carbocycles. The highest BCUT2D eigenvalue weighted by Gasteiger charge is 2.17. The molecule has 0 radical (unpaired) electrons. The second kappa shape index (κ2) is 5.58. The molecule has 0 aromatic heterocycles. The molecule has 0 heterocycles. The Morgan fingerprint density at radius 3 is 2.26 bits per heavy atom. The molecule has 1 aliphatic rings. The first kappa shape index (κ1) is 13.8. The molecule has 0 unspecified atom stereocenters. The number of sulfonamides is 1. The minimum atomic E-state index is -3.70. The quantitative estimate of drug-likeness (QED) is 0.781. The fraction of sp³-hybridized carbons (Fsp3) is 0.417. The average molecular weight is 283 g/mol. The van der Waals surface area contributed by atoms with Crippen LogP contribution in [0.3, 0.4) is 0 Å². The molecule has 1 aromatic rings. The van der Waals surface area contributed by atoms with Crippen LogP contribution >= 0.6 is 0 Å². The largest absolute Gasteiger partial charge is 0.335 e. The Labute approximate surface area is 112 Å². The maximum atomic E-state index is 11.7. The molecule has 0 bridgehead atoms.